The molecule has 0 amide bonds. The number of non-ortho nitro benzene ring substituents is 2. The van der Waals surface area contributed by atoms with Crippen LogP contribution in [-0.4, -0.2) is 20.8 Å². The van der Waals surface area contributed by atoms with Gasteiger partial charge in [0, 0.05) is 48.7 Å². The van der Waals surface area contributed by atoms with E-state index in [1.807, 2.05) is 6.92 Å². The highest BCUT2D eigenvalue weighted by Crippen LogP contribution is 2.36. The third kappa shape index (κ3) is 3.77. The molecule has 27 heavy (non-hydrogen) atoms. The minimum Gasteiger partial charge on any atom is -0.411 e. The standard InChI is InChI=1S/C18H18N4O5/c1-11-16(20-23)10-17(12-2-6-14(7-3-12)21(24)25)19-18(11)13-4-8-15(9-5-13)22(26)27/h2-9,11,17-19,23H,10H2,1H3/b20-16-/t11-,17+,18-/m1/s1. The average molecular weight is 370 g/mol. The van der Waals surface area contributed by atoms with Gasteiger partial charge in [-0.1, -0.05) is 36.3 Å². The van der Waals surface area contributed by atoms with Crippen molar-refractivity contribution in [3.8, 4) is 0 Å². The number of hydrogen-bond donors (Lipinski definition) is 2. The second-order valence-electron chi connectivity index (χ2n) is 6.48. The Hall–Kier alpha value is -3.33. The lowest BCUT2D eigenvalue weighted by Gasteiger charge is -2.37. The molecule has 3 atom stereocenters. The zero-order valence-corrected chi connectivity index (χ0v) is 14.5. The highest BCUT2D eigenvalue weighted by molar-refractivity contribution is 5.88. The normalized spacial score (nSPS) is 23.9. The fourth-order valence-electron chi connectivity index (χ4n) is 3.37. The van der Waals surface area contributed by atoms with Gasteiger partial charge in [-0.25, -0.2) is 0 Å². The van der Waals surface area contributed by atoms with Crippen molar-refractivity contribution in [3.63, 3.8) is 0 Å². The van der Waals surface area contributed by atoms with E-state index in [2.05, 4.69) is 10.5 Å². The third-order valence-corrected chi connectivity index (χ3v) is 4.92. The largest absolute Gasteiger partial charge is 0.411 e. The summed E-state index contributed by atoms with van der Waals surface area (Å²) in [6.07, 6.45) is 0.457. The molecule has 1 aliphatic heterocycles. The first-order valence-corrected chi connectivity index (χ1v) is 8.36. The maximum Gasteiger partial charge on any atom is 0.269 e. The molecule has 0 saturated carbocycles. The topological polar surface area (TPSA) is 131 Å². The Labute approximate surface area is 154 Å². The van der Waals surface area contributed by atoms with Gasteiger partial charge in [-0.3, -0.25) is 20.2 Å². The smallest absolute Gasteiger partial charge is 0.269 e. The summed E-state index contributed by atoms with van der Waals surface area (Å²) in [4.78, 5) is 20.8. The molecule has 2 aromatic carbocycles. The molecular weight excluding hydrogens is 352 g/mol. The van der Waals surface area contributed by atoms with Crippen molar-refractivity contribution < 1.29 is 15.1 Å². The summed E-state index contributed by atoms with van der Waals surface area (Å²) >= 11 is 0. The Kier molecular flexibility index (Phi) is 5.13. The summed E-state index contributed by atoms with van der Waals surface area (Å²) in [5.41, 5.74) is 2.28. The Morgan fingerprint density at radius 3 is 1.89 bits per heavy atom. The molecule has 0 unspecified atom stereocenters. The van der Waals surface area contributed by atoms with Crippen LogP contribution in [0.15, 0.2) is 53.7 Å². The number of oxime groups is 1. The first-order valence-electron chi connectivity index (χ1n) is 8.36. The number of nitrogens with zero attached hydrogens (tertiary/aromatic N) is 3. The number of nitrogens with one attached hydrogen (secondary N) is 1. The van der Waals surface area contributed by atoms with E-state index < -0.39 is 9.85 Å². The van der Waals surface area contributed by atoms with Crippen LogP contribution in [0.2, 0.25) is 0 Å². The summed E-state index contributed by atoms with van der Waals surface area (Å²) in [5.74, 6) is -0.120. The van der Waals surface area contributed by atoms with Crippen LogP contribution in [0.5, 0.6) is 0 Å². The lowest BCUT2D eigenvalue weighted by Crippen LogP contribution is -2.41. The molecule has 2 aromatic rings. The Morgan fingerprint density at radius 1 is 0.963 bits per heavy atom. The van der Waals surface area contributed by atoms with Gasteiger partial charge < -0.3 is 10.5 Å². The van der Waals surface area contributed by atoms with Gasteiger partial charge in [-0.05, 0) is 11.1 Å². The monoisotopic (exact) mass is 370 g/mol. The molecule has 1 heterocycles. The van der Waals surface area contributed by atoms with Crippen molar-refractivity contribution in [2.75, 3.05) is 0 Å². The molecule has 1 fully saturated rings. The van der Waals surface area contributed by atoms with Crippen molar-refractivity contribution in [2.45, 2.75) is 25.4 Å². The maximum absolute atomic E-state index is 10.9. The molecule has 0 aliphatic carbocycles. The minimum absolute atomic E-state index is 0.00480. The number of hydrogen-bond acceptors (Lipinski definition) is 7. The highest BCUT2D eigenvalue weighted by atomic mass is 16.6. The van der Waals surface area contributed by atoms with Crippen LogP contribution in [0.4, 0.5) is 11.4 Å². The summed E-state index contributed by atoms with van der Waals surface area (Å²) in [6, 6.07) is 12.0. The van der Waals surface area contributed by atoms with Crippen LogP contribution in [0.25, 0.3) is 0 Å². The SMILES string of the molecule is C[C@@H]1/C(=N\O)C[C@@H](c2ccc([N+](=O)[O-])cc2)N[C@H]1c1ccc([N+](=O)[O-])cc1. The lowest BCUT2D eigenvalue weighted by molar-refractivity contribution is -0.385. The fraction of sp³-hybridized carbons (Fsp3) is 0.278. The van der Waals surface area contributed by atoms with Crippen LogP contribution >= 0.6 is 0 Å². The third-order valence-electron chi connectivity index (χ3n) is 4.92. The fourth-order valence-corrected chi connectivity index (χ4v) is 3.37. The van der Waals surface area contributed by atoms with E-state index in [9.17, 15) is 25.4 Å². The predicted molar refractivity (Wildman–Crippen MR) is 97.8 cm³/mol. The van der Waals surface area contributed by atoms with E-state index in [1.165, 1.54) is 24.3 Å². The number of nitro groups is 2. The molecule has 140 valence electrons. The summed E-state index contributed by atoms with van der Waals surface area (Å²) in [5, 5.41) is 38.0. The van der Waals surface area contributed by atoms with Crippen molar-refractivity contribution in [2.24, 2.45) is 11.1 Å². The van der Waals surface area contributed by atoms with Crippen molar-refractivity contribution in [3.05, 3.63) is 79.9 Å². The molecule has 9 heteroatoms. The highest BCUT2D eigenvalue weighted by Gasteiger charge is 2.34. The van der Waals surface area contributed by atoms with Gasteiger partial charge in [0.25, 0.3) is 11.4 Å². The average Bonchev–Trinajstić information content (AvgIpc) is 2.68. The second kappa shape index (κ2) is 7.50. The van der Waals surface area contributed by atoms with E-state index in [0.29, 0.717) is 12.1 Å². The number of piperidine rings is 1. The molecule has 1 aliphatic rings. The van der Waals surface area contributed by atoms with Gasteiger partial charge in [0.05, 0.1) is 15.6 Å². The van der Waals surface area contributed by atoms with E-state index in [1.54, 1.807) is 24.3 Å². The van der Waals surface area contributed by atoms with Crippen LogP contribution in [0, 0.1) is 26.1 Å². The van der Waals surface area contributed by atoms with Crippen LogP contribution in [0.1, 0.15) is 36.6 Å². The lowest BCUT2D eigenvalue weighted by atomic mass is 9.81. The Morgan fingerprint density at radius 2 is 1.44 bits per heavy atom. The minimum atomic E-state index is -0.458. The summed E-state index contributed by atoms with van der Waals surface area (Å²) < 4.78 is 0. The van der Waals surface area contributed by atoms with Gasteiger partial charge in [0.1, 0.15) is 0 Å². The molecule has 0 aromatic heterocycles. The van der Waals surface area contributed by atoms with E-state index in [4.69, 9.17) is 0 Å². The zero-order chi connectivity index (χ0) is 19.6. The van der Waals surface area contributed by atoms with E-state index >= 15 is 0 Å². The van der Waals surface area contributed by atoms with Crippen molar-refractivity contribution in [1.82, 2.24) is 5.32 Å². The molecular formula is C18H18N4O5. The Bertz CT molecular complexity index is 880. The summed E-state index contributed by atoms with van der Waals surface area (Å²) in [7, 11) is 0. The van der Waals surface area contributed by atoms with Gasteiger partial charge in [-0.2, -0.15) is 0 Å². The van der Waals surface area contributed by atoms with E-state index in [-0.39, 0.29) is 29.4 Å². The number of rotatable bonds is 4. The maximum atomic E-state index is 10.9. The van der Waals surface area contributed by atoms with Gasteiger partial charge in [0.15, 0.2) is 0 Å². The van der Waals surface area contributed by atoms with Crippen molar-refractivity contribution >= 4 is 17.1 Å². The first-order chi connectivity index (χ1) is 12.9. The predicted octanol–water partition coefficient (Wildman–Crippen LogP) is 3.75. The van der Waals surface area contributed by atoms with Gasteiger partial charge in [0.2, 0.25) is 0 Å². The molecule has 2 N–H and O–H groups in total. The zero-order valence-electron chi connectivity index (χ0n) is 14.5. The Balaban J connectivity index is 1.89. The quantitative estimate of drug-likeness (QED) is 0.479. The second-order valence-corrected chi connectivity index (χ2v) is 6.48. The first kappa shape index (κ1) is 18.5. The van der Waals surface area contributed by atoms with Gasteiger partial charge >= 0.3 is 0 Å². The van der Waals surface area contributed by atoms with Gasteiger partial charge in [-0.15, -0.1) is 0 Å². The molecule has 0 bridgehead atoms. The molecule has 3 rings (SSSR count). The van der Waals surface area contributed by atoms with Crippen LogP contribution < -0.4 is 5.32 Å². The number of benzene rings is 2. The molecule has 1 saturated heterocycles. The number of nitro benzene ring substituents is 2. The van der Waals surface area contributed by atoms with Crippen LogP contribution in [0.3, 0.4) is 0 Å². The molecule has 0 radical (unpaired) electrons. The van der Waals surface area contributed by atoms with Crippen molar-refractivity contribution in [1.29, 1.82) is 0 Å². The summed E-state index contributed by atoms with van der Waals surface area (Å²) in [6.45, 7) is 1.92. The molecule has 9 nitrogen and oxygen atoms in total. The van der Waals surface area contributed by atoms with Crippen LogP contribution in [-0.2, 0) is 0 Å². The molecule has 0 spiro atoms. The van der Waals surface area contributed by atoms with E-state index in [0.717, 1.165) is 11.1 Å².